The summed E-state index contributed by atoms with van der Waals surface area (Å²) >= 11 is 5.88. The van der Waals surface area contributed by atoms with Crippen LogP contribution >= 0.6 is 11.6 Å². The van der Waals surface area contributed by atoms with Gasteiger partial charge >= 0.3 is 6.03 Å². The highest BCUT2D eigenvalue weighted by atomic mass is 35.5. The Morgan fingerprint density at radius 1 is 1.29 bits per heavy atom. The van der Waals surface area contributed by atoms with Crippen molar-refractivity contribution in [3.05, 3.63) is 47.2 Å². The van der Waals surface area contributed by atoms with E-state index in [0.717, 1.165) is 30.8 Å². The van der Waals surface area contributed by atoms with E-state index in [1.54, 1.807) is 0 Å². The van der Waals surface area contributed by atoms with Gasteiger partial charge in [0, 0.05) is 17.2 Å². The molecule has 1 aromatic heterocycles. The zero-order valence-electron chi connectivity index (χ0n) is 13.5. The summed E-state index contributed by atoms with van der Waals surface area (Å²) in [5, 5.41) is 6.40. The van der Waals surface area contributed by atoms with Gasteiger partial charge in [-0.2, -0.15) is 0 Å². The van der Waals surface area contributed by atoms with Gasteiger partial charge in [0.1, 0.15) is 11.5 Å². The van der Waals surface area contributed by atoms with E-state index in [-0.39, 0.29) is 18.2 Å². The maximum absolute atomic E-state index is 12.0. The Hall–Kier alpha value is -1.98. The number of nitrogens with one attached hydrogen (secondary N) is 2. The fourth-order valence-corrected chi connectivity index (χ4v) is 2.88. The lowest BCUT2D eigenvalue weighted by molar-refractivity contribution is 0.0860. The Labute approximate surface area is 146 Å². The van der Waals surface area contributed by atoms with E-state index in [4.69, 9.17) is 20.8 Å². The summed E-state index contributed by atoms with van der Waals surface area (Å²) in [5.74, 6) is 1.44. The second kappa shape index (κ2) is 7.73. The maximum atomic E-state index is 12.0. The minimum absolute atomic E-state index is 0.00581. The summed E-state index contributed by atoms with van der Waals surface area (Å²) < 4.78 is 11.3. The molecule has 1 saturated heterocycles. The normalized spacial score (nSPS) is 18.3. The number of benzene rings is 1. The maximum Gasteiger partial charge on any atom is 0.315 e. The molecule has 5 nitrogen and oxygen atoms in total. The van der Waals surface area contributed by atoms with Gasteiger partial charge in [-0.15, -0.1) is 0 Å². The van der Waals surface area contributed by atoms with E-state index in [1.807, 2.05) is 43.3 Å². The van der Waals surface area contributed by atoms with Gasteiger partial charge in [0.2, 0.25) is 0 Å². The number of urea groups is 1. The Morgan fingerprint density at radius 2 is 2.08 bits per heavy atom. The first-order valence-electron chi connectivity index (χ1n) is 8.12. The molecule has 2 N–H and O–H groups in total. The Morgan fingerprint density at radius 3 is 2.79 bits per heavy atom. The van der Waals surface area contributed by atoms with Crippen molar-refractivity contribution in [2.45, 2.75) is 38.5 Å². The number of halogens is 1. The van der Waals surface area contributed by atoms with Gasteiger partial charge in [0.05, 0.1) is 18.7 Å². The second-order valence-corrected chi connectivity index (χ2v) is 6.38. The lowest BCUT2D eigenvalue weighted by Crippen LogP contribution is -2.45. The molecule has 2 heterocycles. The first kappa shape index (κ1) is 16.9. The molecule has 1 aromatic carbocycles. The quantitative estimate of drug-likeness (QED) is 0.859. The van der Waals surface area contributed by atoms with E-state index in [0.29, 0.717) is 17.3 Å². The van der Waals surface area contributed by atoms with Gasteiger partial charge < -0.3 is 19.8 Å². The Balaban J connectivity index is 1.49. The molecule has 0 radical (unpaired) electrons. The van der Waals surface area contributed by atoms with Crippen molar-refractivity contribution in [2.24, 2.45) is 0 Å². The third-order valence-corrected chi connectivity index (χ3v) is 4.35. The zero-order chi connectivity index (χ0) is 16.9. The molecule has 1 aliphatic heterocycles. The van der Waals surface area contributed by atoms with Crippen molar-refractivity contribution in [3.63, 3.8) is 0 Å². The lowest BCUT2D eigenvalue weighted by atomic mass is 10.1. The van der Waals surface area contributed by atoms with Crippen LogP contribution in [0.3, 0.4) is 0 Å². The van der Waals surface area contributed by atoms with Crippen LogP contribution in [0.1, 0.15) is 25.5 Å². The summed E-state index contributed by atoms with van der Waals surface area (Å²) in [7, 11) is 0. The number of furan rings is 1. The topological polar surface area (TPSA) is 63.5 Å². The van der Waals surface area contributed by atoms with Crippen LogP contribution in [0.25, 0.3) is 11.3 Å². The number of carbonyl (C=O) groups excluding carboxylic acids is 1. The molecule has 128 valence electrons. The largest absolute Gasteiger partial charge is 0.459 e. The first-order valence-corrected chi connectivity index (χ1v) is 8.50. The van der Waals surface area contributed by atoms with Gasteiger partial charge in [-0.1, -0.05) is 11.6 Å². The van der Waals surface area contributed by atoms with E-state index in [9.17, 15) is 4.79 Å². The van der Waals surface area contributed by atoms with Crippen LogP contribution in [-0.2, 0) is 11.3 Å². The number of ether oxygens (including phenoxy) is 1. The van der Waals surface area contributed by atoms with Gasteiger partial charge in [-0.3, -0.25) is 0 Å². The van der Waals surface area contributed by atoms with Crippen molar-refractivity contribution in [3.8, 4) is 11.3 Å². The summed E-state index contributed by atoms with van der Waals surface area (Å²) in [4.78, 5) is 12.0. The smallest absolute Gasteiger partial charge is 0.315 e. The van der Waals surface area contributed by atoms with Crippen LogP contribution in [0.2, 0.25) is 5.02 Å². The van der Waals surface area contributed by atoms with Crippen LogP contribution in [0.5, 0.6) is 0 Å². The predicted octanol–water partition coefficient (Wildman–Crippen LogP) is 3.97. The second-order valence-electron chi connectivity index (χ2n) is 5.94. The Bertz CT molecular complexity index is 678. The van der Waals surface area contributed by atoms with Gasteiger partial charge in [-0.05, 0) is 56.2 Å². The van der Waals surface area contributed by atoms with E-state index in [2.05, 4.69) is 10.6 Å². The van der Waals surface area contributed by atoms with Gasteiger partial charge in [0.25, 0.3) is 0 Å². The Kier molecular flexibility index (Phi) is 5.43. The molecule has 0 spiro atoms. The van der Waals surface area contributed by atoms with Crippen LogP contribution in [0.15, 0.2) is 40.8 Å². The van der Waals surface area contributed by atoms with Gasteiger partial charge in [-0.25, -0.2) is 4.79 Å². The molecular weight excluding hydrogens is 328 g/mol. The molecule has 6 heteroatoms. The average molecular weight is 349 g/mol. The SMILES string of the molecule is C[C@H](NC(=O)NCc1ccc(-c2ccc(Cl)cc2)o1)[C@@H]1CCCO1. The molecule has 0 saturated carbocycles. The third kappa shape index (κ3) is 4.30. The van der Waals surface area contributed by atoms with Crippen LogP contribution in [0, 0.1) is 0 Å². The van der Waals surface area contributed by atoms with Crippen LogP contribution in [-0.4, -0.2) is 24.8 Å². The number of hydrogen-bond acceptors (Lipinski definition) is 3. The molecule has 1 aliphatic rings. The molecule has 24 heavy (non-hydrogen) atoms. The summed E-state index contributed by atoms with van der Waals surface area (Å²) in [6, 6.07) is 10.9. The molecule has 3 rings (SSSR count). The van der Waals surface area contributed by atoms with Crippen LogP contribution < -0.4 is 10.6 Å². The molecule has 1 fully saturated rings. The van der Waals surface area contributed by atoms with Crippen molar-refractivity contribution in [2.75, 3.05) is 6.61 Å². The zero-order valence-corrected chi connectivity index (χ0v) is 14.3. The highest BCUT2D eigenvalue weighted by molar-refractivity contribution is 6.30. The van der Waals surface area contributed by atoms with Crippen LogP contribution in [0.4, 0.5) is 4.79 Å². The fraction of sp³-hybridized carbons (Fsp3) is 0.389. The molecule has 2 atom stereocenters. The van der Waals surface area contributed by atoms with E-state index in [1.165, 1.54) is 0 Å². The molecule has 0 unspecified atom stereocenters. The number of hydrogen-bond donors (Lipinski definition) is 2. The molecule has 2 amide bonds. The monoisotopic (exact) mass is 348 g/mol. The van der Waals surface area contributed by atoms with E-state index < -0.39 is 0 Å². The van der Waals surface area contributed by atoms with Crippen molar-refractivity contribution in [1.82, 2.24) is 10.6 Å². The molecule has 0 aliphatic carbocycles. The standard InChI is InChI=1S/C18H21ClN2O3/c1-12(16-3-2-10-23-16)21-18(22)20-11-15-8-9-17(24-15)13-4-6-14(19)7-5-13/h4-9,12,16H,2-3,10-11H2,1H3,(H2,20,21,22)/t12-,16-/m0/s1. The fourth-order valence-electron chi connectivity index (χ4n) is 2.76. The third-order valence-electron chi connectivity index (χ3n) is 4.09. The summed E-state index contributed by atoms with van der Waals surface area (Å²) in [6.07, 6.45) is 2.15. The first-order chi connectivity index (χ1) is 11.6. The minimum atomic E-state index is -0.220. The van der Waals surface area contributed by atoms with Crippen molar-refractivity contribution >= 4 is 17.6 Å². The van der Waals surface area contributed by atoms with Gasteiger partial charge in [0.15, 0.2) is 0 Å². The number of rotatable bonds is 5. The summed E-state index contributed by atoms with van der Waals surface area (Å²) in [6.45, 7) is 3.07. The number of carbonyl (C=O) groups is 1. The van der Waals surface area contributed by atoms with Crippen molar-refractivity contribution in [1.29, 1.82) is 0 Å². The minimum Gasteiger partial charge on any atom is -0.459 e. The average Bonchev–Trinajstić information content (AvgIpc) is 3.25. The highest BCUT2D eigenvalue weighted by Crippen LogP contribution is 2.23. The number of amides is 2. The summed E-state index contributed by atoms with van der Waals surface area (Å²) in [5.41, 5.74) is 0.946. The highest BCUT2D eigenvalue weighted by Gasteiger charge is 2.23. The molecule has 0 bridgehead atoms. The predicted molar refractivity (Wildman–Crippen MR) is 93.0 cm³/mol. The van der Waals surface area contributed by atoms with Crippen molar-refractivity contribution < 1.29 is 13.9 Å². The van der Waals surface area contributed by atoms with E-state index >= 15 is 0 Å². The molecular formula is C18H21ClN2O3. The molecule has 2 aromatic rings. The lowest BCUT2D eigenvalue weighted by Gasteiger charge is -2.20.